The minimum Gasteiger partial charge on any atom is -0.382 e. The molecule has 18 heavy (non-hydrogen) atoms. The minimum absolute atomic E-state index is 0. The van der Waals surface area contributed by atoms with Crippen LogP contribution in [-0.2, 0) is 14.3 Å². The highest BCUT2D eigenvalue weighted by molar-refractivity contribution is 5.86. The van der Waals surface area contributed by atoms with Crippen molar-refractivity contribution in [1.82, 2.24) is 4.90 Å². The molecule has 0 aromatic rings. The van der Waals surface area contributed by atoms with Gasteiger partial charge in [0.05, 0.1) is 24.9 Å². The van der Waals surface area contributed by atoms with Gasteiger partial charge in [-0.15, -0.1) is 12.4 Å². The molecule has 0 spiro atoms. The van der Waals surface area contributed by atoms with Crippen LogP contribution in [-0.4, -0.2) is 55.9 Å². The SMILES string of the molecule is CCCC(C)(N)C(=O)N1CCOC(COC)C1.Cl. The zero-order valence-corrected chi connectivity index (χ0v) is 12.3. The summed E-state index contributed by atoms with van der Waals surface area (Å²) < 4.78 is 10.6. The number of halogens is 1. The molecule has 1 amide bonds. The Balaban J connectivity index is 0.00000289. The first-order valence-corrected chi connectivity index (χ1v) is 6.20. The number of morpholine rings is 1. The summed E-state index contributed by atoms with van der Waals surface area (Å²) in [5, 5.41) is 0. The second kappa shape index (κ2) is 7.94. The van der Waals surface area contributed by atoms with E-state index in [9.17, 15) is 4.79 Å². The van der Waals surface area contributed by atoms with Gasteiger partial charge < -0.3 is 20.1 Å². The summed E-state index contributed by atoms with van der Waals surface area (Å²) in [5.74, 6) is 0.0174. The van der Waals surface area contributed by atoms with Crippen molar-refractivity contribution in [3.63, 3.8) is 0 Å². The van der Waals surface area contributed by atoms with E-state index in [-0.39, 0.29) is 24.4 Å². The molecule has 0 bridgehead atoms. The van der Waals surface area contributed by atoms with Gasteiger partial charge in [-0.25, -0.2) is 0 Å². The molecular formula is C12H25ClN2O3. The van der Waals surface area contributed by atoms with E-state index >= 15 is 0 Å². The van der Waals surface area contributed by atoms with Crippen LogP contribution in [0.2, 0.25) is 0 Å². The van der Waals surface area contributed by atoms with Gasteiger partial charge in [-0.1, -0.05) is 13.3 Å². The number of carbonyl (C=O) groups excluding carboxylic acids is 1. The van der Waals surface area contributed by atoms with Gasteiger partial charge >= 0.3 is 0 Å². The number of hydrogen-bond donors (Lipinski definition) is 1. The van der Waals surface area contributed by atoms with Gasteiger partial charge in [0.25, 0.3) is 0 Å². The van der Waals surface area contributed by atoms with Crippen LogP contribution in [0.25, 0.3) is 0 Å². The molecule has 2 N–H and O–H groups in total. The van der Waals surface area contributed by atoms with Gasteiger partial charge in [0.2, 0.25) is 5.91 Å². The molecule has 0 aliphatic carbocycles. The average molecular weight is 281 g/mol. The molecule has 0 saturated carbocycles. The van der Waals surface area contributed by atoms with E-state index in [0.29, 0.717) is 32.7 Å². The summed E-state index contributed by atoms with van der Waals surface area (Å²) >= 11 is 0. The second-order valence-corrected chi connectivity index (χ2v) is 4.87. The molecule has 1 rings (SSSR count). The minimum atomic E-state index is -0.760. The topological polar surface area (TPSA) is 64.8 Å². The number of amides is 1. The maximum Gasteiger partial charge on any atom is 0.242 e. The van der Waals surface area contributed by atoms with Crippen molar-refractivity contribution in [2.75, 3.05) is 33.4 Å². The zero-order valence-electron chi connectivity index (χ0n) is 11.5. The fourth-order valence-corrected chi connectivity index (χ4v) is 2.18. The Bertz CT molecular complexity index is 260. The summed E-state index contributed by atoms with van der Waals surface area (Å²) in [7, 11) is 1.63. The molecule has 1 aliphatic rings. The lowest BCUT2D eigenvalue weighted by atomic mass is 9.95. The first-order chi connectivity index (χ1) is 8.01. The van der Waals surface area contributed by atoms with Crippen LogP contribution in [0.15, 0.2) is 0 Å². The van der Waals surface area contributed by atoms with Crippen LogP contribution in [0.1, 0.15) is 26.7 Å². The molecule has 0 radical (unpaired) electrons. The lowest BCUT2D eigenvalue weighted by Crippen LogP contribution is -2.57. The first kappa shape index (κ1) is 17.6. The smallest absolute Gasteiger partial charge is 0.242 e. The molecule has 1 heterocycles. The van der Waals surface area contributed by atoms with Crippen molar-refractivity contribution in [2.24, 2.45) is 5.73 Å². The third-order valence-electron chi connectivity index (χ3n) is 3.04. The zero-order chi connectivity index (χ0) is 12.9. The maximum atomic E-state index is 12.3. The van der Waals surface area contributed by atoms with E-state index in [0.717, 1.165) is 6.42 Å². The van der Waals surface area contributed by atoms with Gasteiger partial charge in [-0.2, -0.15) is 0 Å². The summed E-state index contributed by atoms with van der Waals surface area (Å²) in [6.45, 7) is 6.10. The maximum absolute atomic E-state index is 12.3. The molecule has 5 nitrogen and oxygen atoms in total. The largest absolute Gasteiger partial charge is 0.382 e. The number of methoxy groups -OCH3 is 1. The van der Waals surface area contributed by atoms with Crippen LogP contribution in [0.3, 0.4) is 0 Å². The van der Waals surface area contributed by atoms with Crippen molar-refractivity contribution in [2.45, 2.75) is 38.3 Å². The second-order valence-electron chi connectivity index (χ2n) is 4.87. The van der Waals surface area contributed by atoms with Crippen LogP contribution in [0, 0.1) is 0 Å². The predicted octanol–water partition coefficient (Wildman–Crippen LogP) is 0.800. The Morgan fingerprint density at radius 2 is 2.28 bits per heavy atom. The molecule has 2 unspecified atom stereocenters. The normalized spacial score (nSPS) is 23.1. The fraction of sp³-hybridized carbons (Fsp3) is 0.917. The number of nitrogens with two attached hydrogens (primary N) is 1. The monoisotopic (exact) mass is 280 g/mol. The number of rotatable bonds is 5. The van der Waals surface area contributed by atoms with Gasteiger partial charge in [0, 0.05) is 20.2 Å². The molecule has 1 saturated heterocycles. The van der Waals surface area contributed by atoms with E-state index < -0.39 is 5.54 Å². The molecule has 0 aromatic heterocycles. The highest BCUT2D eigenvalue weighted by Gasteiger charge is 2.34. The van der Waals surface area contributed by atoms with Crippen molar-refractivity contribution in [3.8, 4) is 0 Å². The number of carbonyl (C=O) groups is 1. The fourth-order valence-electron chi connectivity index (χ4n) is 2.18. The quantitative estimate of drug-likeness (QED) is 0.809. The lowest BCUT2D eigenvalue weighted by molar-refractivity contribution is -0.146. The predicted molar refractivity (Wildman–Crippen MR) is 72.9 cm³/mol. The third-order valence-corrected chi connectivity index (χ3v) is 3.04. The standard InChI is InChI=1S/C12H24N2O3.ClH/c1-4-5-12(2,13)11(15)14-6-7-17-10(8-14)9-16-3;/h10H,4-9,13H2,1-3H3;1H. The van der Waals surface area contributed by atoms with E-state index in [4.69, 9.17) is 15.2 Å². The summed E-state index contributed by atoms with van der Waals surface area (Å²) in [5.41, 5.74) is 5.30. The number of nitrogens with zero attached hydrogens (tertiary/aromatic N) is 1. The number of ether oxygens (including phenoxy) is 2. The summed E-state index contributed by atoms with van der Waals surface area (Å²) in [6.07, 6.45) is 1.58. The van der Waals surface area contributed by atoms with Crippen molar-refractivity contribution in [1.29, 1.82) is 0 Å². The van der Waals surface area contributed by atoms with Crippen molar-refractivity contribution < 1.29 is 14.3 Å². The molecule has 0 aromatic carbocycles. The number of hydrogen-bond acceptors (Lipinski definition) is 4. The van der Waals surface area contributed by atoms with Crippen LogP contribution in [0.4, 0.5) is 0 Å². The first-order valence-electron chi connectivity index (χ1n) is 6.20. The Morgan fingerprint density at radius 3 is 2.83 bits per heavy atom. The Morgan fingerprint density at radius 1 is 1.61 bits per heavy atom. The molecule has 6 heteroatoms. The summed E-state index contributed by atoms with van der Waals surface area (Å²) in [6, 6.07) is 0. The summed E-state index contributed by atoms with van der Waals surface area (Å²) in [4.78, 5) is 14.1. The Kier molecular flexibility index (Phi) is 7.78. The molecule has 1 aliphatic heterocycles. The van der Waals surface area contributed by atoms with Gasteiger partial charge in [-0.05, 0) is 13.3 Å². The van der Waals surface area contributed by atoms with E-state index in [1.807, 2.05) is 6.92 Å². The molecular weight excluding hydrogens is 256 g/mol. The highest BCUT2D eigenvalue weighted by Crippen LogP contribution is 2.15. The van der Waals surface area contributed by atoms with Gasteiger partial charge in [-0.3, -0.25) is 4.79 Å². The van der Waals surface area contributed by atoms with Crippen LogP contribution in [0.5, 0.6) is 0 Å². The average Bonchev–Trinajstić information content (AvgIpc) is 2.29. The van der Waals surface area contributed by atoms with Crippen molar-refractivity contribution >= 4 is 18.3 Å². The van der Waals surface area contributed by atoms with E-state index in [2.05, 4.69) is 0 Å². The van der Waals surface area contributed by atoms with E-state index in [1.54, 1.807) is 18.9 Å². The Hall–Kier alpha value is -0.360. The van der Waals surface area contributed by atoms with Gasteiger partial charge in [0.15, 0.2) is 0 Å². The molecule has 1 fully saturated rings. The highest BCUT2D eigenvalue weighted by atomic mass is 35.5. The third kappa shape index (κ3) is 4.72. The van der Waals surface area contributed by atoms with Crippen LogP contribution < -0.4 is 5.73 Å². The lowest BCUT2D eigenvalue weighted by Gasteiger charge is -2.37. The van der Waals surface area contributed by atoms with Crippen LogP contribution >= 0.6 is 12.4 Å². The van der Waals surface area contributed by atoms with Crippen molar-refractivity contribution in [3.05, 3.63) is 0 Å². The van der Waals surface area contributed by atoms with Gasteiger partial charge in [0.1, 0.15) is 0 Å². The molecule has 108 valence electrons. The van der Waals surface area contributed by atoms with E-state index in [1.165, 1.54) is 0 Å². The Labute approximate surface area is 115 Å². The molecule has 2 atom stereocenters.